The maximum atomic E-state index is 12.6. The number of anilines is 1. The van der Waals surface area contributed by atoms with Crippen LogP contribution in [0.1, 0.15) is 23.6 Å². The fourth-order valence-electron chi connectivity index (χ4n) is 2.53. The molecular formula is C22H22N2O5. The van der Waals surface area contributed by atoms with Crippen LogP contribution in [-0.2, 0) is 9.59 Å². The maximum Gasteiger partial charge on any atom is 0.341 e. The Labute approximate surface area is 169 Å². The molecule has 0 radical (unpaired) electrons. The zero-order valence-electron chi connectivity index (χ0n) is 16.5. The number of para-hydroxylation sites is 1. The number of aryl methyl sites for hydroxylation is 2. The minimum atomic E-state index is -1.15. The Morgan fingerprint density at radius 2 is 1.93 bits per heavy atom. The summed E-state index contributed by atoms with van der Waals surface area (Å²) >= 11 is 0. The van der Waals surface area contributed by atoms with Crippen molar-refractivity contribution in [3.8, 4) is 17.6 Å². The Bertz CT molecular complexity index is 989. The molecule has 0 spiro atoms. The second-order valence-corrected chi connectivity index (χ2v) is 6.21. The van der Waals surface area contributed by atoms with Gasteiger partial charge in [0.15, 0.2) is 18.1 Å². The van der Waals surface area contributed by atoms with Crippen LogP contribution >= 0.6 is 0 Å². The van der Waals surface area contributed by atoms with E-state index < -0.39 is 18.5 Å². The van der Waals surface area contributed by atoms with Crippen molar-refractivity contribution in [1.29, 1.82) is 5.26 Å². The summed E-state index contributed by atoms with van der Waals surface area (Å²) in [6.07, 6.45) is 1.34. The summed E-state index contributed by atoms with van der Waals surface area (Å²) in [7, 11) is 0. The molecule has 2 rings (SSSR count). The zero-order chi connectivity index (χ0) is 21.4. The number of benzene rings is 2. The van der Waals surface area contributed by atoms with Gasteiger partial charge >= 0.3 is 5.97 Å². The molecule has 2 N–H and O–H groups in total. The smallest absolute Gasteiger partial charge is 0.341 e. The first kappa shape index (κ1) is 21.5. The van der Waals surface area contributed by atoms with Gasteiger partial charge in [0, 0.05) is 11.3 Å². The van der Waals surface area contributed by atoms with E-state index in [0.29, 0.717) is 23.6 Å². The van der Waals surface area contributed by atoms with E-state index in [4.69, 9.17) is 14.6 Å². The Morgan fingerprint density at radius 1 is 1.17 bits per heavy atom. The summed E-state index contributed by atoms with van der Waals surface area (Å²) in [6.45, 7) is 5.43. The molecule has 1 amide bonds. The predicted octanol–water partition coefficient (Wildman–Crippen LogP) is 3.71. The number of rotatable bonds is 8. The fourth-order valence-corrected chi connectivity index (χ4v) is 2.53. The van der Waals surface area contributed by atoms with Crippen LogP contribution in [0.3, 0.4) is 0 Å². The van der Waals surface area contributed by atoms with E-state index in [9.17, 15) is 14.9 Å². The third-order valence-corrected chi connectivity index (χ3v) is 4.08. The molecule has 2 aromatic rings. The van der Waals surface area contributed by atoms with Crippen molar-refractivity contribution in [2.75, 3.05) is 18.5 Å². The van der Waals surface area contributed by atoms with Crippen LogP contribution in [0.4, 0.5) is 5.69 Å². The summed E-state index contributed by atoms with van der Waals surface area (Å²) in [5.74, 6) is -1.25. The molecule has 0 bridgehead atoms. The maximum absolute atomic E-state index is 12.6. The fraction of sp³-hybridized carbons (Fsp3) is 0.227. The van der Waals surface area contributed by atoms with Gasteiger partial charge < -0.3 is 19.9 Å². The zero-order valence-corrected chi connectivity index (χ0v) is 16.5. The van der Waals surface area contributed by atoms with E-state index in [1.54, 1.807) is 31.2 Å². The highest BCUT2D eigenvalue weighted by Gasteiger charge is 2.15. The second-order valence-electron chi connectivity index (χ2n) is 6.21. The van der Waals surface area contributed by atoms with E-state index in [1.165, 1.54) is 6.08 Å². The molecule has 2 aromatic carbocycles. The number of amides is 1. The van der Waals surface area contributed by atoms with E-state index >= 15 is 0 Å². The highest BCUT2D eigenvalue weighted by molar-refractivity contribution is 6.10. The first-order chi connectivity index (χ1) is 13.8. The van der Waals surface area contributed by atoms with Gasteiger partial charge in [-0.15, -0.1) is 0 Å². The molecular weight excluding hydrogens is 372 g/mol. The van der Waals surface area contributed by atoms with Crippen LogP contribution in [0.25, 0.3) is 6.08 Å². The van der Waals surface area contributed by atoms with E-state index in [1.807, 2.05) is 32.0 Å². The lowest BCUT2D eigenvalue weighted by Gasteiger charge is -2.13. The first-order valence-corrected chi connectivity index (χ1v) is 8.96. The molecule has 0 saturated heterocycles. The standard InChI is InChI=1S/C22H22N2O5/c1-4-28-19-7-5-6-16(21(19)29-13-20(25)26)11-17(12-23)22(27)24-18-9-8-14(2)15(3)10-18/h5-11H,4,13H2,1-3H3,(H,24,27)(H,25,26)/b17-11-. The molecule has 150 valence electrons. The third-order valence-electron chi connectivity index (χ3n) is 4.08. The van der Waals surface area contributed by atoms with E-state index in [-0.39, 0.29) is 11.3 Å². The lowest BCUT2D eigenvalue weighted by molar-refractivity contribution is -0.139. The molecule has 0 aromatic heterocycles. The number of hydrogen-bond acceptors (Lipinski definition) is 5. The molecule has 0 atom stereocenters. The van der Waals surface area contributed by atoms with Crippen molar-refractivity contribution in [3.63, 3.8) is 0 Å². The van der Waals surface area contributed by atoms with Crippen LogP contribution in [0.5, 0.6) is 11.5 Å². The Balaban J connectivity index is 2.36. The molecule has 7 heteroatoms. The average molecular weight is 394 g/mol. The predicted molar refractivity (Wildman–Crippen MR) is 109 cm³/mol. The summed E-state index contributed by atoms with van der Waals surface area (Å²) in [5, 5.41) is 21.1. The topological polar surface area (TPSA) is 109 Å². The van der Waals surface area contributed by atoms with Crippen molar-refractivity contribution in [2.45, 2.75) is 20.8 Å². The first-order valence-electron chi connectivity index (χ1n) is 8.96. The van der Waals surface area contributed by atoms with Crippen LogP contribution in [0.2, 0.25) is 0 Å². The SMILES string of the molecule is CCOc1cccc(/C=C(/C#N)C(=O)Nc2ccc(C)c(C)c2)c1OCC(=O)O. The minimum Gasteiger partial charge on any atom is -0.490 e. The summed E-state index contributed by atoms with van der Waals surface area (Å²) < 4.78 is 10.8. The van der Waals surface area contributed by atoms with Crippen molar-refractivity contribution in [3.05, 3.63) is 58.7 Å². The van der Waals surface area contributed by atoms with Crippen molar-refractivity contribution in [1.82, 2.24) is 0 Å². The number of carboxylic acids is 1. The molecule has 0 aliphatic heterocycles. The third kappa shape index (κ3) is 5.84. The number of aliphatic carboxylic acids is 1. The Hall–Kier alpha value is -3.79. The highest BCUT2D eigenvalue weighted by Crippen LogP contribution is 2.33. The lowest BCUT2D eigenvalue weighted by Crippen LogP contribution is -2.14. The number of carboxylic acid groups (broad SMARTS) is 1. The van der Waals surface area contributed by atoms with Gasteiger partial charge in [0.1, 0.15) is 11.6 Å². The van der Waals surface area contributed by atoms with Crippen LogP contribution in [0, 0.1) is 25.2 Å². The molecule has 0 aliphatic rings. The quantitative estimate of drug-likeness (QED) is 0.522. The monoisotopic (exact) mass is 394 g/mol. The second kappa shape index (κ2) is 9.95. The van der Waals surface area contributed by atoms with Crippen molar-refractivity contribution >= 4 is 23.6 Å². The molecule has 0 fully saturated rings. The normalized spacial score (nSPS) is 10.8. The average Bonchev–Trinajstić information content (AvgIpc) is 2.68. The number of carbonyl (C=O) groups is 2. The molecule has 0 saturated carbocycles. The van der Waals surface area contributed by atoms with Gasteiger partial charge in [0.25, 0.3) is 5.91 Å². The van der Waals surface area contributed by atoms with Gasteiger partial charge in [-0.25, -0.2) is 4.79 Å². The van der Waals surface area contributed by atoms with Gasteiger partial charge in [-0.2, -0.15) is 5.26 Å². The van der Waals surface area contributed by atoms with E-state index in [2.05, 4.69) is 5.32 Å². The Kier molecular flexibility index (Phi) is 7.38. The van der Waals surface area contributed by atoms with Crippen LogP contribution in [0.15, 0.2) is 42.0 Å². The van der Waals surface area contributed by atoms with Crippen molar-refractivity contribution in [2.24, 2.45) is 0 Å². The number of nitriles is 1. The lowest BCUT2D eigenvalue weighted by atomic mass is 10.1. The number of hydrogen-bond donors (Lipinski definition) is 2. The number of nitrogens with zero attached hydrogens (tertiary/aromatic N) is 1. The number of nitrogens with one attached hydrogen (secondary N) is 1. The van der Waals surface area contributed by atoms with Gasteiger partial charge in [0.05, 0.1) is 6.61 Å². The number of ether oxygens (including phenoxy) is 2. The summed E-state index contributed by atoms with van der Waals surface area (Å²) in [6, 6.07) is 12.2. The Morgan fingerprint density at radius 3 is 2.55 bits per heavy atom. The minimum absolute atomic E-state index is 0.156. The molecule has 0 aliphatic carbocycles. The van der Waals surface area contributed by atoms with Crippen LogP contribution in [-0.4, -0.2) is 30.2 Å². The van der Waals surface area contributed by atoms with Crippen molar-refractivity contribution < 1.29 is 24.2 Å². The molecule has 29 heavy (non-hydrogen) atoms. The molecule has 7 nitrogen and oxygen atoms in total. The summed E-state index contributed by atoms with van der Waals surface area (Å²) in [5.41, 5.74) is 2.89. The van der Waals surface area contributed by atoms with E-state index in [0.717, 1.165) is 11.1 Å². The van der Waals surface area contributed by atoms with Gasteiger partial charge in [-0.05, 0) is 56.2 Å². The largest absolute Gasteiger partial charge is 0.490 e. The molecule has 0 heterocycles. The van der Waals surface area contributed by atoms with Gasteiger partial charge in [-0.3, -0.25) is 4.79 Å². The number of carbonyl (C=O) groups excluding carboxylic acids is 1. The summed E-state index contributed by atoms with van der Waals surface area (Å²) in [4.78, 5) is 23.5. The highest BCUT2D eigenvalue weighted by atomic mass is 16.5. The van der Waals surface area contributed by atoms with Crippen LogP contribution < -0.4 is 14.8 Å². The molecule has 0 unspecified atom stereocenters. The van der Waals surface area contributed by atoms with Gasteiger partial charge in [-0.1, -0.05) is 18.2 Å². The van der Waals surface area contributed by atoms with Gasteiger partial charge in [0.2, 0.25) is 0 Å².